The van der Waals surface area contributed by atoms with Crippen LogP contribution in [-0.4, -0.2) is 11.5 Å². The Kier molecular flexibility index (Phi) is 4.19. The molecule has 0 aliphatic heterocycles. The number of pyridine rings is 1. The van der Waals surface area contributed by atoms with E-state index in [9.17, 15) is 0 Å². The molecule has 13 heavy (non-hydrogen) atoms. The van der Waals surface area contributed by atoms with Gasteiger partial charge in [-0.05, 0) is 31.0 Å². The smallest absolute Gasteiger partial charge is 0.0313 e. The fourth-order valence-corrected chi connectivity index (χ4v) is 1.15. The van der Waals surface area contributed by atoms with E-state index in [2.05, 4.69) is 29.9 Å². The van der Waals surface area contributed by atoms with E-state index in [4.69, 9.17) is 0 Å². The largest absolute Gasteiger partial charge is 0.312 e. The molecule has 0 spiro atoms. The molecule has 0 aliphatic rings. The first kappa shape index (κ1) is 9.93. The molecule has 2 heteroatoms. The quantitative estimate of drug-likeness (QED) is 0.548. The molecule has 2 nitrogen and oxygen atoms in total. The van der Waals surface area contributed by atoms with Gasteiger partial charge in [0, 0.05) is 18.9 Å². The van der Waals surface area contributed by atoms with E-state index in [1.807, 2.05) is 18.5 Å². The second-order valence-corrected chi connectivity index (χ2v) is 3.12. The average Bonchev–Trinajstić information content (AvgIpc) is 2.13. The van der Waals surface area contributed by atoms with E-state index in [1.165, 1.54) is 11.1 Å². The minimum Gasteiger partial charge on any atom is -0.312 e. The van der Waals surface area contributed by atoms with E-state index >= 15 is 0 Å². The maximum absolute atomic E-state index is 4.12. The van der Waals surface area contributed by atoms with Crippen LogP contribution < -0.4 is 5.32 Å². The van der Waals surface area contributed by atoms with Gasteiger partial charge in [-0.15, -0.1) is 6.58 Å². The highest BCUT2D eigenvalue weighted by Gasteiger charge is 1.92. The molecule has 1 aromatic rings. The van der Waals surface area contributed by atoms with Crippen molar-refractivity contribution in [3.8, 4) is 0 Å². The van der Waals surface area contributed by atoms with Gasteiger partial charge in [0.1, 0.15) is 0 Å². The summed E-state index contributed by atoms with van der Waals surface area (Å²) >= 11 is 0. The highest BCUT2D eigenvalue weighted by molar-refractivity contribution is 5.16. The van der Waals surface area contributed by atoms with Crippen molar-refractivity contribution in [2.75, 3.05) is 6.54 Å². The van der Waals surface area contributed by atoms with Crippen molar-refractivity contribution in [3.63, 3.8) is 0 Å². The van der Waals surface area contributed by atoms with Crippen molar-refractivity contribution < 1.29 is 0 Å². The molecule has 1 heterocycles. The number of hydrogen-bond donors (Lipinski definition) is 1. The fourth-order valence-electron chi connectivity index (χ4n) is 1.15. The molecule has 0 radical (unpaired) electrons. The fraction of sp³-hybridized carbons (Fsp3) is 0.364. The summed E-state index contributed by atoms with van der Waals surface area (Å²) in [6.07, 6.45) is 6.70. The number of aryl methyl sites for hydroxylation is 1. The van der Waals surface area contributed by atoms with Gasteiger partial charge >= 0.3 is 0 Å². The molecular formula is C11H16N2. The van der Waals surface area contributed by atoms with Gasteiger partial charge in [0.05, 0.1) is 0 Å². The predicted molar refractivity (Wildman–Crippen MR) is 55.5 cm³/mol. The number of nitrogens with one attached hydrogen (secondary N) is 1. The van der Waals surface area contributed by atoms with Crippen molar-refractivity contribution in [2.45, 2.75) is 19.9 Å². The van der Waals surface area contributed by atoms with E-state index < -0.39 is 0 Å². The third kappa shape index (κ3) is 3.85. The summed E-state index contributed by atoms with van der Waals surface area (Å²) in [6, 6.07) is 2.15. The Balaban J connectivity index is 2.32. The van der Waals surface area contributed by atoms with Crippen LogP contribution in [0.25, 0.3) is 0 Å². The Labute approximate surface area is 79.7 Å². The molecule has 70 valence electrons. The highest BCUT2D eigenvalue weighted by Crippen LogP contribution is 2.00. The van der Waals surface area contributed by atoms with Gasteiger partial charge in [0.2, 0.25) is 0 Å². The number of rotatable bonds is 5. The zero-order valence-corrected chi connectivity index (χ0v) is 8.09. The second kappa shape index (κ2) is 5.49. The molecule has 1 rings (SSSR count). The Morgan fingerprint density at radius 2 is 2.38 bits per heavy atom. The van der Waals surface area contributed by atoms with Crippen LogP contribution >= 0.6 is 0 Å². The standard InChI is InChI=1S/C11H16N2/c1-3-4-5-12-8-11-6-10(2)7-13-9-11/h3,6-7,9,12H,1,4-5,8H2,2H3. The summed E-state index contributed by atoms with van der Waals surface area (Å²) in [6.45, 7) is 7.60. The van der Waals surface area contributed by atoms with Crippen LogP contribution in [0.5, 0.6) is 0 Å². The zero-order valence-electron chi connectivity index (χ0n) is 8.09. The van der Waals surface area contributed by atoms with Crippen LogP contribution in [0.3, 0.4) is 0 Å². The second-order valence-electron chi connectivity index (χ2n) is 3.12. The van der Waals surface area contributed by atoms with E-state index in [0.717, 1.165) is 19.5 Å². The van der Waals surface area contributed by atoms with Crippen molar-refractivity contribution in [2.24, 2.45) is 0 Å². The van der Waals surface area contributed by atoms with Gasteiger partial charge in [-0.2, -0.15) is 0 Å². The molecule has 0 unspecified atom stereocenters. The number of nitrogens with zero attached hydrogens (tertiary/aromatic N) is 1. The first-order valence-corrected chi connectivity index (χ1v) is 4.55. The minimum absolute atomic E-state index is 0.891. The average molecular weight is 176 g/mol. The molecule has 0 bridgehead atoms. The van der Waals surface area contributed by atoms with E-state index in [1.54, 1.807) is 0 Å². The summed E-state index contributed by atoms with van der Waals surface area (Å²) in [5.74, 6) is 0. The molecule has 0 fully saturated rings. The van der Waals surface area contributed by atoms with Crippen LogP contribution in [0.2, 0.25) is 0 Å². The first-order chi connectivity index (χ1) is 6.33. The molecule has 0 aromatic carbocycles. The highest BCUT2D eigenvalue weighted by atomic mass is 14.8. The van der Waals surface area contributed by atoms with Crippen LogP contribution in [0.4, 0.5) is 0 Å². The SMILES string of the molecule is C=CCCNCc1cncc(C)c1. The molecule has 0 atom stereocenters. The topological polar surface area (TPSA) is 24.9 Å². The summed E-state index contributed by atoms with van der Waals surface area (Å²) in [5.41, 5.74) is 2.45. The van der Waals surface area contributed by atoms with Crippen LogP contribution in [-0.2, 0) is 6.54 Å². The summed E-state index contributed by atoms with van der Waals surface area (Å²) < 4.78 is 0. The molecule has 0 saturated heterocycles. The lowest BCUT2D eigenvalue weighted by atomic mass is 10.2. The lowest BCUT2D eigenvalue weighted by molar-refractivity contribution is 0.693. The van der Waals surface area contributed by atoms with Crippen LogP contribution in [0.15, 0.2) is 31.1 Å². The van der Waals surface area contributed by atoms with Crippen molar-refractivity contribution in [1.82, 2.24) is 10.3 Å². The number of hydrogen-bond acceptors (Lipinski definition) is 2. The summed E-state index contributed by atoms with van der Waals surface area (Å²) in [5, 5.41) is 3.32. The van der Waals surface area contributed by atoms with Crippen LogP contribution in [0, 0.1) is 6.92 Å². The third-order valence-corrected chi connectivity index (χ3v) is 1.79. The lowest BCUT2D eigenvalue weighted by Gasteiger charge is -2.03. The van der Waals surface area contributed by atoms with Crippen molar-refractivity contribution >= 4 is 0 Å². The van der Waals surface area contributed by atoms with Gasteiger partial charge in [-0.3, -0.25) is 4.98 Å². The molecule has 1 N–H and O–H groups in total. The Morgan fingerprint density at radius 1 is 1.54 bits per heavy atom. The maximum Gasteiger partial charge on any atom is 0.0313 e. The Hall–Kier alpha value is -1.15. The predicted octanol–water partition coefficient (Wildman–Crippen LogP) is 2.06. The van der Waals surface area contributed by atoms with E-state index in [0.29, 0.717) is 0 Å². The Bertz CT molecular complexity index is 269. The van der Waals surface area contributed by atoms with Gasteiger partial charge in [0.15, 0.2) is 0 Å². The van der Waals surface area contributed by atoms with E-state index in [-0.39, 0.29) is 0 Å². The molecule has 0 amide bonds. The van der Waals surface area contributed by atoms with Gasteiger partial charge in [-0.1, -0.05) is 12.1 Å². The molecule has 0 aliphatic carbocycles. The van der Waals surface area contributed by atoms with Crippen molar-refractivity contribution in [1.29, 1.82) is 0 Å². The molecular weight excluding hydrogens is 160 g/mol. The minimum atomic E-state index is 0.891. The Morgan fingerprint density at radius 3 is 3.08 bits per heavy atom. The van der Waals surface area contributed by atoms with Gasteiger partial charge in [-0.25, -0.2) is 0 Å². The third-order valence-electron chi connectivity index (χ3n) is 1.79. The maximum atomic E-state index is 4.12. The van der Waals surface area contributed by atoms with Gasteiger partial charge in [0.25, 0.3) is 0 Å². The normalized spacial score (nSPS) is 9.92. The zero-order chi connectivity index (χ0) is 9.52. The monoisotopic (exact) mass is 176 g/mol. The van der Waals surface area contributed by atoms with Gasteiger partial charge < -0.3 is 5.32 Å². The lowest BCUT2D eigenvalue weighted by Crippen LogP contribution is -2.14. The van der Waals surface area contributed by atoms with Crippen LogP contribution in [0.1, 0.15) is 17.5 Å². The molecule has 1 aromatic heterocycles. The summed E-state index contributed by atoms with van der Waals surface area (Å²) in [7, 11) is 0. The number of aromatic nitrogens is 1. The summed E-state index contributed by atoms with van der Waals surface area (Å²) in [4.78, 5) is 4.12. The van der Waals surface area contributed by atoms with Crippen molar-refractivity contribution in [3.05, 3.63) is 42.2 Å². The molecule has 0 saturated carbocycles. The first-order valence-electron chi connectivity index (χ1n) is 4.55.